The molecule has 3 aromatic rings. The van der Waals surface area contributed by atoms with E-state index in [1.165, 1.54) is 59.9 Å². The first-order valence-electron chi connectivity index (χ1n) is 13.5. The first-order valence-corrected chi connectivity index (χ1v) is 20.0. The van der Waals surface area contributed by atoms with Crippen LogP contribution in [0.2, 0.25) is 0 Å². The molecule has 6 heteroatoms. The number of benzene rings is 3. The van der Waals surface area contributed by atoms with Crippen LogP contribution in [-0.2, 0) is 16.2 Å². The molecule has 0 radical (unpaired) electrons. The van der Waals surface area contributed by atoms with E-state index in [0.717, 1.165) is 0 Å². The minimum atomic E-state index is 0.00116. The van der Waals surface area contributed by atoms with Gasteiger partial charge < -0.3 is 0 Å². The molecule has 0 atom stereocenters. The normalized spacial score (nSPS) is 29.8. The van der Waals surface area contributed by atoms with Crippen LogP contribution in [0.25, 0.3) is 0 Å². The zero-order valence-corrected chi connectivity index (χ0v) is 34.9. The maximum absolute atomic E-state index is 2.76. The standard InChI is InChI=1S/C32H30I6/c1-5-8-30-17-11-23(33)25(35)13-19(17)31(9-6-2)21-15-27(37)28(38)16-22(21)32(10-7-3,29(30,31)4)20-14-26(36)24(34)12-18(20)30/h11-16H,5-10H2,1-4H3. The molecule has 200 valence electrons. The summed E-state index contributed by atoms with van der Waals surface area (Å²) in [5.74, 6) is 0. The molecule has 0 amide bonds. The fraction of sp³-hybridized carbons (Fsp3) is 0.438. The van der Waals surface area contributed by atoms with Crippen molar-refractivity contribution in [1.82, 2.24) is 0 Å². The molecular formula is C32H30I6. The second kappa shape index (κ2) is 10.3. The van der Waals surface area contributed by atoms with Gasteiger partial charge in [-0.3, -0.25) is 0 Å². The van der Waals surface area contributed by atoms with Crippen LogP contribution in [0.5, 0.6) is 0 Å². The van der Waals surface area contributed by atoms with Gasteiger partial charge in [0, 0.05) is 43.1 Å². The van der Waals surface area contributed by atoms with Gasteiger partial charge in [-0.05, 0) is 225 Å². The van der Waals surface area contributed by atoms with Crippen molar-refractivity contribution in [3.05, 3.63) is 91.2 Å². The molecule has 0 fully saturated rings. The monoisotopic (exact) mass is 1180 g/mol. The average Bonchev–Trinajstić information content (AvgIpc) is 3.24. The van der Waals surface area contributed by atoms with Crippen molar-refractivity contribution in [3.8, 4) is 0 Å². The Labute approximate surface area is 309 Å². The number of hydrogen-bond acceptors (Lipinski definition) is 0. The molecular weight excluding hydrogens is 1150 g/mol. The van der Waals surface area contributed by atoms with E-state index in [1.807, 2.05) is 0 Å². The minimum absolute atomic E-state index is 0.00116. The van der Waals surface area contributed by atoms with Gasteiger partial charge >= 0.3 is 0 Å². The van der Waals surface area contributed by atoms with Gasteiger partial charge in [-0.1, -0.05) is 47.0 Å². The fourth-order valence-corrected chi connectivity index (χ4v) is 12.4. The van der Waals surface area contributed by atoms with Crippen LogP contribution in [0.15, 0.2) is 36.4 Å². The summed E-state index contributed by atoms with van der Waals surface area (Å²) in [6.07, 6.45) is 7.18. The Morgan fingerprint density at radius 1 is 0.421 bits per heavy atom. The summed E-state index contributed by atoms with van der Waals surface area (Å²) in [6, 6.07) is 15.7. The molecule has 0 saturated heterocycles. The SMILES string of the molecule is CCCC12c3cc(I)c(I)cc3C3(CCC)c4cc(I)c(I)cc4C(CCC)(c4cc(I)c(I)cc41)C23C. The molecule has 38 heavy (non-hydrogen) atoms. The molecule has 0 heterocycles. The first kappa shape index (κ1) is 30.1. The van der Waals surface area contributed by atoms with Gasteiger partial charge in [0.1, 0.15) is 0 Å². The molecule has 0 bridgehead atoms. The summed E-state index contributed by atoms with van der Waals surface area (Å²) in [6.45, 7) is 10.0. The minimum Gasteiger partial charge on any atom is -0.0653 e. The lowest BCUT2D eigenvalue weighted by molar-refractivity contribution is 0.0540. The van der Waals surface area contributed by atoms with Gasteiger partial charge in [-0.15, -0.1) is 0 Å². The second-order valence-electron chi connectivity index (χ2n) is 11.5. The molecule has 3 aliphatic rings. The maximum atomic E-state index is 2.76. The Morgan fingerprint density at radius 2 is 0.605 bits per heavy atom. The summed E-state index contributed by atoms with van der Waals surface area (Å²) >= 11 is 15.6. The molecule has 3 aliphatic carbocycles. The van der Waals surface area contributed by atoms with E-state index in [-0.39, 0.29) is 21.7 Å². The summed E-state index contributed by atoms with van der Waals surface area (Å²) in [4.78, 5) is 0. The molecule has 0 aromatic heterocycles. The van der Waals surface area contributed by atoms with Crippen LogP contribution in [0.3, 0.4) is 0 Å². The van der Waals surface area contributed by atoms with Gasteiger partial charge in [-0.25, -0.2) is 0 Å². The molecule has 0 aliphatic heterocycles. The van der Waals surface area contributed by atoms with E-state index in [2.05, 4.69) is 200 Å². The van der Waals surface area contributed by atoms with Crippen molar-refractivity contribution >= 4 is 136 Å². The first-order chi connectivity index (χ1) is 18.0. The third-order valence-electron chi connectivity index (χ3n) is 10.4. The van der Waals surface area contributed by atoms with Crippen molar-refractivity contribution in [2.24, 2.45) is 5.41 Å². The Balaban J connectivity index is 1.95. The van der Waals surface area contributed by atoms with Crippen molar-refractivity contribution in [3.63, 3.8) is 0 Å². The zero-order valence-electron chi connectivity index (χ0n) is 22.0. The molecule has 0 spiro atoms. The second-order valence-corrected chi connectivity index (χ2v) is 18.5. The predicted molar refractivity (Wildman–Crippen MR) is 211 cm³/mol. The third kappa shape index (κ3) is 3.34. The maximum Gasteiger partial charge on any atom is 0.0286 e. The van der Waals surface area contributed by atoms with E-state index < -0.39 is 0 Å². The van der Waals surface area contributed by atoms with Gasteiger partial charge in [0.25, 0.3) is 0 Å². The average molecular weight is 1180 g/mol. The quantitative estimate of drug-likeness (QED) is 0.216. The van der Waals surface area contributed by atoms with E-state index in [0.29, 0.717) is 0 Å². The van der Waals surface area contributed by atoms with Gasteiger partial charge in [0.2, 0.25) is 0 Å². The lowest BCUT2D eigenvalue weighted by Crippen LogP contribution is -2.54. The molecule has 3 aromatic carbocycles. The van der Waals surface area contributed by atoms with E-state index in [4.69, 9.17) is 0 Å². The Morgan fingerprint density at radius 3 is 0.763 bits per heavy atom. The number of fused-ring (bicyclic) bond motifs is 9. The highest BCUT2D eigenvalue weighted by atomic mass is 127. The van der Waals surface area contributed by atoms with Crippen LogP contribution in [0.4, 0.5) is 0 Å². The van der Waals surface area contributed by atoms with Crippen LogP contribution in [0.1, 0.15) is 99.6 Å². The highest BCUT2D eigenvalue weighted by Crippen LogP contribution is 2.85. The zero-order chi connectivity index (χ0) is 27.4. The summed E-state index contributed by atoms with van der Waals surface area (Å²) in [7, 11) is 0. The summed E-state index contributed by atoms with van der Waals surface area (Å²) in [5.41, 5.74) is 9.85. The van der Waals surface area contributed by atoms with E-state index >= 15 is 0 Å². The Hall–Kier alpha value is 2.04. The van der Waals surface area contributed by atoms with E-state index in [9.17, 15) is 0 Å². The highest BCUT2D eigenvalue weighted by Gasteiger charge is 2.82. The Bertz CT molecular complexity index is 1240. The van der Waals surface area contributed by atoms with Gasteiger partial charge in [-0.2, -0.15) is 0 Å². The lowest BCUT2D eigenvalue weighted by atomic mass is 9.48. The largest absolute Gasteiger partial charge is 0.0653 e. The number of hydrogen-bond donors (Lipinski definition) is 0. The van der Waals surface area contributed by atoms with Crippen molar-refractivity contribution in [1.29, 1.82) is 0 Å². The van der Waals surface area contributed by atoms with Gasteiger partial charge in [0.05, 0.1) is 0 Å². The van der Waals surface area contributed by atoms with Crippen LogP contribution < -0.4 is 0 Å². The van der Waals surface area contributed by atoms with Crippen molar-refractivity contribution < 1.29 is 0 Å². The molecule has 0 unspecified atom stereocenters. The van der Waals surface area contributed by atoms with Crippen LogP contribution in [0, 0.1) is 26.8 Å². The number of halogens is 6. The smallest absolute Gasteiger partial charge is 0.0286 e. The van der Waals surface area contributed by atoms with Crippen molar-refractivity contribution in [2.75, 3.05) is 0 Å². The molecule has 0 saturated carbocycles. The molecule has 0 nitrogen and oxygen atoms in total. The van der Waals surface area contributed by atoms with Crippen molar-refractivity contribution in [2.45, 2.75) is 82.5 Å². The summed E-state index contributed by atoms with van der Waals surface area (Å²) < 4.78 is 8.42. The lowest BCUT2D eigenvalue weighted by Gasteiger charge is -2.53. The summed E-state index contributed by atoms with van der Waals surface area (Å²) in [5, 5.41) is 0. The molecule has 6 rings (SSSR count). The number of rotatable bonds is 6. The predicted octanol–water partition coefficient (Wildman–Crippen LogP) is 11.9. The third-order valence-corrected chi connectivity index (χ3v) is 18.8. The van der Waals surface area contributed by atoms with Crippen LogP contribution >= 0.6 is 136 Å². The fourth-order valence-electron chi connectivity index (χ4n) is 9.59. The molecule has 0 N–H and O–H groups in total. The van der Waals surface area contributed by atoms with Crippen LogP contribution in [-0.4, -0.2) is 0 Å². The van der Waals surface area contributed by atoms with E-state index in [1.54, 1.807) is 33.4 Å². The highest BCUT2D eigenvalue weighted by molar-refractivity contribution is 14.1. The Kier molecular flexibility index (Phi) is 8.16. The topological polar surface area (TPSA) is 0 Å². The van der Waals surface area contributed by atoms with Gasteiger partial charge in [0.15, 0.2) is 0 Å².